The average molecular weight is 272 g/mol. The summed E-state index contributed by atoms with van der Waals surface area (Å²) in [6.45, 7) is 0.607. The molecule has 1 aromatic carbocycles. The first-order valence-corrected chi connectivity index (χ1v) is 6.63. The molecule has 1 fully saturated rings. The van der Waals surface area contributed by atoms with Crippen molar-refractivity contribution in [3.63, 3.8) is 0 Å². The lowest BCUT2D eigenvalue weighted by Crippen LogP contribution is -2.33. The molecule has 1 aliphatic carbocycles. The summed E-state index contributed by atoms with van der Waals surface area (Å²) in [4.78, 5) is 0. The lowest BCUT2D eigenvalue weighted by atomic mass is 10.0. The smallest absolute Gasteiger partial charge is 0.323 e. The van der Waals surface area contributed by atoms with E-state index in [0.717, 1.165) is 17.7 Å². The van der Waals surface area contributed by atoms with Crippen molar-refractivity contribution >= 4 is 0 Å². The van der Waals surface area contributed by atoms with E-state index in [4.69, 9.17) is 5.73 Å². The predicted molar refractivity (Wildman–Crippen MR) is 68.6 cm³/mol. The number of halogens is 3. The van der Waals surface area contributed by atoms with Crippen LogP contribution in [0.15, 0.2) is 24.3 Å². The molecule has 0 aliphatic heterocycles. The largest absolute Gasteiger partial charge is 0.416 e. The molecule has 3 N–H and O–H groups in total. The van der Waals surface area contributed by atoms with Crippen LogP contribution in [-0.4, -0.2) is 12.6 Å². The Balaban J connectivity index is 1.89. The molecule has 0 aromatic heterocycles. The molecule has 5 heteroatoms. The van der Waals surface area contributed by atoms with Crippen LogP contribution in [0.25, 0.3) is 0 Å². The summed E-state index contributed by atoms with van der Waals surface area (Å²) in [6, 6.07) is 5.35. The van der Waals surface area contributed by atoms with Crippen LogP contribution in [0.1, 0.15) is 42.9 Å². The summed E-state index contributed by atoms with van der Waals surface area (Å²) < 4.78 is 37.3. The van der Waals surface area contributed by atoms with E-state index in [2.05, 4.69) is 5.32 Å². The molecule has 1 aromatic rings. The van der Waals surface area contributed by atoms with E-state index in [0.29, 0.717) is 12.6 Å². The first kappa shape index (κ1) is 14.3. The summed E-state index contributed by atoms with van der Waals surface area (Å²) in [5, 5.41) is 3.38. The summed E-state index contributed by atoms with van der Waals surface area (Å²) in [6.07, 6.45) is 0.532. The maximum atomic E-state index is 12.4. The van der Waals surface area contributed by atoms with Crippen molar-refractivity contribution in [2.24, 2.45) is 5.73 Å². The Bertz CT molecular complexity index is 394. The van der Waals surface area contributed by atoms with Crippen molar-refractivity contribution in [1.29, 1.82) is 0 Å². The lowest BCUT2D eigenvalue weighted by Gasteiger charge is -2.17. The molecule has 106 valence electrons. The molecule has 0 radical (unpaired) electrons. The third-order valence-electron chi connectivity index (χ3n) is 3.65. The molecule has 0 spiro atoms. The molecule has 0 saturated heterocycles. The molecule has 0 amide bonds. The first-order valence-electron chi connectivity index (χ1n) is 6.63. The number of rotatable bonds is 4. The van der Waals surface area contributed by atoms with Crippen molar-refractivity contribution in [2.45, 2.75) is 43.9 Å². The van der Waals surface area contributed by atoms with E-state index >= 15 is 0 Å². The molecule has 2 rings (SSSR count). The predicted octanol–water partition coefficient (Wildman–Crippen LogP) is 3.24. The van der Waals surface area contributed by atoms with Crippen molar-refractivity contribution < 1.29 is 13.2 Å². The van der Waals surface area contributed by atoms with Crippen LogP contribution in [0.4, 0.5) is 13.2 Å². The minimum atomic E-state index is -4.29. The van der Waals surface area contributed by atoms with E-state index < -0.39 is 11.7 Å². The van der Waals surface area contributed by atoms with Gasteiger partial charge in [-0.2, -0.15) is 13.2 Å². The second-order valence-corrected chi connectivity index (χ2v) is 5.12. The topological polar surface area (TPSA) is 38.0 Å². The normalized spacial score (nSPS) is 18.7. The molecule has 19 heavy (non-hydrogen) atoms. The number of hydrogen-bond acceptors (Lipinski definition) is 2. The number of nitrogens with two attached hydrogens (primary N) is 1. The van der Waals surface area contributed by atoms with E-state index in [1.54, 1.807) is 0 Å². The van der Waals surface area contributed by atoms with Crippen LogP contribution >= 0.6 is 0 Å². The summed E-state index contributed by atoms with van der Waals surface area (Å²) in [5.74, 6) is 0. The van der Waals surface area contributed by atoms with Crippen LogP contribution in [-0.2, 0) is 6.18 Å². The van der Waals surface area contributed by atoms with Crippen molar-refractivity contribution in [2.75, 3.05) is 6.54 Å². The fourth-order valence-electron chi connectivity index (χ4n) is 2.46. The van der Waals surface area contributed by atoms with Gasteiger partial charge < -0.3 is 11.1 Å². The van der Waals surface area contributed by atoms with E-state index in [-0.39, 0.29) is 6.04 Å². The van der Waals surface area contributed by atoms with Gasteiger partial charge in [-0.1, -0.05) is 25.0 Å². The van der Waals surface area contributed by atoms with Gasteiger partial charge >= 0.3 is 6.18 Å². The summed E-state index contributed by atoms with van der Waals surface area (Å²) >= 11 is 0. The maximum Gasteiger partial charge on any atom is 0.416 e. The van der Waals surface area contributed by atoms with Gasteiger partial charge in [-0.05, 0) is 30.5 Å². The minimum absolute atomic E-state index is 0.261. The van der Waals surface area contributed by atoms with Gasteiger partial charge in [-0.3, -0.25) is 0 Å². The molecule has 0 heterocycles. The molecule has 1 saturated carbocycles. The SMILES string of the molecule is NC(CNC1CCCC1)c1ccc(C(F)(F)F)cc1. The fraction of sp³-hybridized carbons (Fsp3) is 0.571. The van der Waals surface area contributed by atoms with Gasteiger partial charge in [0.1, 0.15) is 0 Å². The lowest BCUT2D eigenvalue weighted by molar-refractivity contribution is -0.137. The second-order valence-electron chi connectivity index (χ2n) is 5.12. The zero-order chi connectivity index (χ0) is 13.9. The Morgan fingerprint density at radius 3 is 2.26 bits per heavy atom. The van der Waals surface area contributed by atoms with E-state index in [1.165, 1.54) is 37.8 Å². The van der Waals surface area contributed by atoms with E-state index in [9.17, 15) is 13.2 Å². The second kappa shape index (κ2) is 5.92. The quantitative estimate of drug-likeness (QED) is 0.883. The third kappa shape index (κ3) is 3.94. The highest BCUT2D eigenvalue weighted by molar-refractivity contribution is 5.26. The third-order valence-corrected chi connectivity index (χ3v) is 3.65. The van der Waals surface area contributed by atoms with Gasteiger partial charge in [0.15, 0.2) is 0 Å². The van der Waals surface area contributed by atoms with Gasteiger partial charge in [0.2, 0.25) is 0 Å². The molecule has 0 bridgehead atoms. The number of nitrogens with one attached hydrogen (secondary N) is 1. The van der Waals surface area contributed by atoms with Crippen LogP contribution in [0, 0.1) is 0 Å². The van der Waals surface area contributed by atoms with Crippen molar-refractivity contribution in [1.82, 2.24) is 5.32 Å². The van der Waals surface area contributed by atoms with E-state index in [1.807, 2.05) is 0 Å². The maximum absolute atomic E-state index is 12.4. The van der Waals surface area contributed by atoms with Gasteiger partial charge in [0, 0.05) is 18.6 Å². The Morgan fingerprint density at radius 2 is 1.74 bits per heavy atom. The van der Waals surface area contributed by atoms with Gasteiger partial charge in [0.05, 0.1) is 5.56 Å². The van der Waals surface area contributed by atoms with Crippen molar-refractivity contribution in [3.8, 4) is 0 Å². The molecule has 2 nitrogen and oxygen atoms in total. The molecular weight excluding hydrogens is 253 g/mol. The van der Waals surface area contributed by atoms with Gasteiger partial charge in [-0.25, -0.2) is 0 Å². The summed E-state index contributed by atoms with van der Waals surface area (Å²) in [5.41, 5.74) is 6.09. The number of hydrogen-bond donors (Lipinski definition) is 2. The average Bonchev–Trinajstić information content (AvgIpc) is 2.88. The van der Waals surface area contributed by atoms with Gasteiger partial charge in [-0.15, -0.1) is 0 Å². The van der Waals surface area contributed by atoms with Crippen LogP contribution in [0.2, 0.25) is 0 Å². The number of benzene rings is 1. The highest BCUT2D eigenvalue weighted by Crippen LogP contribution is 2.29. The molecule has 1 atom stereocenters. The zero-order valence-electron chi connectivity index (χ0n) is 10.7. The van der Waals surface area contributed by atoms with Crippen LogP contribution in [0.3, 0.4) is 0 Å². The Morgan fingerprint density at radius 1 is 1.16 bits per heavy atom. The standard InChI is InChI=1S/C14H19F3N2/c15-14(16,17)11-7-5-10(6-8-11)13(18)9-19-12-3-1-2-4-12/h5-8,12-13,19H,1-4,9,18H2. The van der Waals surface area contributed by atoms with Gasteiger partial charge in [0.25, 0.3) is 0 Å². The minimum Gasteiger partial charge on any atom is -0.323 e. The molecular formula is C14H19F3N2. The highest BCUT2D eigenvalue weighted by atomic mass is 19.4. The molecule has 1 unspecified atom stereocenters. The highest BCUT2D eigenvalue weighted by Gasteiger charge is 2.30. The Labute approximate surface area is 111 Å². The Kier molecular flexibility index (Phi) is 4.47. The Hall–Kier alpha value is -1.07. The van der Waals surface area contributed by atoms with Crippen LogP contribution < -0.4 is 11.1 Å². The molecule has 1 aliphatic rings. The zero-order valence-corrected chi connectivity index (χ0v) is 10.7. The number of alkyl halides is 3. The first-order chi connectivity index (χ1) is 8.97. The van der Waals surface area contributed by atoms with Crippen molar-refractivity contribution in [3.05, 3.63) is 35.4 Å². The fourth-order valence-corrected chi connectivity index (χ4v) is 2.46. The monoisotopic (exact) mass is 272 g/mol. The van der Waals surface area contributed by atoms with Crippen LogP contribution in [0.5, 0.6) is 0 Å². The summed E-state index contributed by atoms with van der Waals surface area (Å²) in [7, 11) is 0.